The van der Waals surface area contributed by atoms with Crippen LogP contribution in [0.2, 0.25) is 0 Å². The van der Waals surface area contributed by atoms with Crippen LogP contribution in [0.1, 0.15) is 84.3 Å². The predicted molar refractivity (Wildman–Crippen MR) is 131 cm³/mol. The van der Waals surface area contributed by atoms with Gasteiger partial charge in [0.15, 0.2) is 0 Å². The molecule has 0 saturated carbocycles. The zero-order valence-electron chi connectivity index (χ0n) is 20.9. The fraction of sp³-hybridized carbons (Fsp3) is 0.583. The van der Waals surface area contributed by atoms with Crippen molar-refractivity contribution in [1.82, 2.24) is 9.62 Å². The van der Waals surface area contributed by atoms with Crippen molar-refractivity contribution in [2.75, 3.05) is 11.9 Å². The molecule has 1 heterocycles. The van der Waals surface area contributed by atoms with E-state index in [9.17, 15) is 22.4 Å². The van der Waals surface area contributed by atoms with Crippen molar-refractivity contribution >= 4 is 27.8 Å². The second kappa shape index (κ2) is 10.8. The summed E-state index contributed by atoms with van der Waals surface area (Å²) < 4.78 is 46.5. The Morgan fingerprint density at radius 3 is 2.21 bits per heavy atom. The molecule has 3 amide bonds. The van der Waals surface area contributed by atoms with Gasteiger partial charge in [0.05, 0.1) is 6.04 Å². The smallest absolute Gasteiger partial charge is 0.410 e. The lowest BCUT2D eigenvalue weighted by molar-refractivity contribution is 0.0256. The van der Waals surface area contributed by atoms with Gasteiger partial charge in [0, 0.05) is 17.6 Å². The molecule has 8 nitrogen and oxygen atoms in total. The number of ether oxygens (including phenoxy) is 1. The third-order valence-corrected chi connectivity index (χ3v) is 6.27. The van der Waals surface area contributed by atoms with Gasteiger partial charge in [-0.1, -0.05) is 27.7 Å². The van der Waals surface area contributed by atoms with Gasteiger partial charge in [-0.2, -0.15) is 0 Å². The van der Waals surface area contributed by atoms with Crippen LogP contribution < -0.4 is 10.0 Å². The Labute approximate surface area is 202 Å². The highest BCUT2D eigenvalue weighted by atomic mass is 32.2. The number of halogens is 1. The molecule has 10 heteroatoms. The van der Waals surface area contributed by atoms with Gasteiger partial charge < -0.3 is 15.0 Å². The maximum Gasteiger partial charge on any atom is 0.410 e. The standard InChI is InChI=1S/C24H36FN3O5S/c1-15(2)19-13-17(25)14-20(16(3)4)21(19)26-22(29)27-34(31,32)12-10-18-9-8-11-28(18)23(30)33-24(5,6)7/h10,12-16,18H,8-9,11H2,1-7H3,(H2,26,27,29). The third-order valence-electron chi connectivity index (χ3n) is 5.29. The van der Waals surface area contributed by atoms with Crippen molar-refractivity contribution in [2.24, 2.45) is 0 Å². The Balaban J connectivity index is 2.15. The highest BCUT2D eigenvalue weighted by Gasteiger charge is 2.31. The number of nitrogens with one attached hydrogen (secondary N) is 2. The van der Waals surface area contributed by atoms with E-state index in [1.54, 1.807) is 20.8 Å². The molecular formula is C24H36FN3O5S. The lowest BCUT2D eigenvalue weighted by atomic mass is 9.92. The summed E-state index contributed by atoms with van der Waals surface area (Å²) in [4.78, 5) is 26.4. The number of hydrogen-bond acceptors (Lipinski definition) is 5. The fourth-order valence-corrected chi connectivity index (χ4v) is 4.51. The van der Waals surface area contributed by atoms with Crippen molar-refractivity contribution in [1.29, 1.82) is 0 Å². The summed E-state index contributed by atoms with van der Waals surface area (Å²) in [6.45, 7) is 13.2. The number of carbonyl (C=O) groups excluding carboxylic acids is 2. The normalized spacial score (nSPS) is 17.0. The number of rotatable bonds is 6. The van der Waals surface area contributed by atoms with E-state index >= 15 is 0 Å². The molecule has 0 radical (unpaired) electrons. The van der Waals surface area contributed by atoms with Crippen molar-refractivity contribution in [3.05, 3.63) is 40.6 Å². The molecule has 0 bridgehead atoms. The molecule has 2 rings (SSSR count). The summed E-state index contributed by atoms with van der Waals surface area (Å²) in [5.41, 5.74) is 0.885. The molecule has 1 saturated heterocycles. The number of anilines is 1. The van der Waals surface area contributed by atoms with Crippen LogP contribution in [0.15, 0.2) is 23.6 Å². The summed E-state index contributed by atoms with van der Waals surface area (Å²) in [6, 6.07) is 1.28. The van der Waals surface area contributed by atoms with E-state index in [1.807, 2.05) is 32.4 Å². The first-order valence-corrected chi connectivity index (χ1v) is 13.0. The molecule has 0 aromatic heterocycles. The van der Waals surface area contributed by atoms with Gasteiger partial charge in [-0.3, -0.25) is 0 Å². The van der Waals surface area contributed by atoms with Crippen LogP contribution in [-0.2, 0) is 14.8 Å². The van der Waals surface area contributed by atoms with Crippen LogP contribution in [0.25, 0.3) is 0 Å². The number of nitrogens with zero attached hydrogens (tertiary/aromatic N) is 1. The summed E-state index contributed by atoms with van der Waals surface area (Å²) in [5, 5.41) is 3.48. The number of sulfonamides is 1. The summed E-state index contributed by atoms with van der Waals surface area (Å²) in [7, 11) is -4.14. The average Bonchev–Trinajstić information content (AvgIpc) is 3.14. The molecule has 1 atom stereocenters. The highest BCUT2D eigenvalue weighted by Crippen LogP contribution is 2.33. The van der Waals surface area contributed by atoms with E-state index < -0.39 is 39.6 Å². The molecule has 0 aliphatic carbocycles. The average molecular weight is 498 g/mol. The molecule has 2 N–H and O–H groups in total. The van der Waals surface area contributed by atoms with Crippen LogP contribution in [0.3, 0.4) is 0 Å². The second-order valence-corrected chi connectivity index (χ2v) is 11.6. The van der Waals surface area contributed by atoms with E-state index in [0.717, 1.165) is 5.41 Å². The molecule has 1 aromatic rings. The van der Waals surface area contributed by atoms with Crippen LogP contribution in [0, 0.1) is 5.82 Å². The Morgan fingerprint density at radius 1 is 1.15 bits per heavy atom. The summed E-state index contributed by atoms with van der Waals surface area (Å²) in [6.07, 6.45) is 2.16. The zero-order valence-corrected chi connectivity index (χ0v) is 21.8. The molecule has 1 aliphatic rings. The molecule has 1 fully saturated rings. The van der Waals surface area contributed by atoms with E-state index in [2.05, 4.69) is 5.32 Å². The number of likely N-dealkylation sites (tertiary alicyclic amines) is 1. The Hall–Kier alpha value is -2.62. The van der Waals surface area contributed by atoms with Crippen LogP contribution in [0.4, 0.5) is 19.7 Å². The Morgan fingerprint density at radius 2 is 1.71 bits per heavy atom. The minimum absolute atomic E-state index is 0.0961. The highest BCUT2D eigenvalue weighted by molar-refractivity contribution is 7.92. The number of urea groups is 1. The van der Waals surface area contributed by atoms with E-state index in [1.165, 1.54) is 23.1 Å². The molecule has 190 valence electrons. The maximum absolute atomic E-state index is 14.1. The van der Waals surface area contributed by atoms with Gasteiger partial charge in [-0.25, -0.2) is 27.1 Å². The lowest BCUT2D eigenvalue weighted by Crippen LogP contribution is -2.39. The molecule has 1 unspecified atom stereocenters. The lowest BCUT2D eigenvalue weighted by Gasteiger charge is -2.27. The molecule has 1 aromatic carbocycles. The van der Waals surface area contributed by atoms with E-state index in [0.29, 0.717) is 36.2 Å². The topological polar surface area (TPSA) is 105 Å². The number of amides is 3. The Kier molecular flexibility index (Phi) is 8.74. The Bertz CT molecular complexity index is 1020. The number of carbonyl (C=O) groups is 2. The number of hydrogen-bond donors (Lipinski definition) is 2. The SMILES string of the molecule is CC(C)c1cc(F)cc(C(C)C)c1NC(=O)NS(=O)(=O)C=CC1CCCN1C(=O)OC(C)(C)C. The van der Waals surface area contributed by atoms with Gasteiger partial charge >= 0.3 is 12.1 Å². The number of benzene rings is 1. The molecule has 0 spiro atoms. The van der Waals surface area contributed by atoms with Crippen molar-refractivity contribution in [3.63, 3.8) is 0 Å². The van der Waals surface area contributed by atoms with E-state index in [4.69, 9.17) is 4.74 Å². The van der Waals surface area contributed by atoms with Crippen molar-refractivity contribution in [3.8, 4) is 0 Å². The van der Waals surface area contributed by atoms with Crippen LogP contribution >= 0.6 is 0 Å². The minimum atomic E-state index is -4.14. The fourth-order valence-electron chi connectivity index (χ4n) is 3.74. The predicted octanol–water partition coefficient (Wildman–Crippen LogP) is 5.44. The zero-order chi connectivity index (χ0) is 25.8. The summed E-state index contributed by atoms with van der Waals surface area (Å²) >= 11 is 0. The van der Waals surface area contributed by atoms with Gasteiger partial charge in [-0.05, 0) is 74.8 Å². The molecule has 1 aliphatic heterocycles. The minimum Gasteiger partial charge on any atom is -0.444 e. The second-order valence-electron chi connectivity index (χ2n) is 10.1. The third kappa shape index (κ3) is 7.72. The van der Waals surface area contributed by atoms with Crippen LogP contribution in [0.5, 0.6) is 0 Å². The van der Waals surface area contributed by atoms with Gasteiger partial charge in [-0.15, -0.1) is 0 Å². The largest absolute Gasteiger partial charge is 0.444 e. The van der Waals surface area contributed by atoms with Crippen molar-refractivity contribution < 1.29 is 27.1 Å². The van der Waals surface area contributed by atoms with Crippen molar-refractivity contribution in [2.45, 2.75) is 84.8 Å². The molecule has 34 heavy (non-hydrogen) atoms. The van der Waals surface area contributed by atoms with Crippen LogP contribution in [-0.4, -0.2) is 43.6 Å². The van der Waals surface area contributed by atoms with E-state index in [-0.39, 0.29) is 11.8 Å². The first-order valence-electron chi connectivity index (χ1n) is 11.4. The summed E-state index contributed by atoms with van der Waals surface area (Å²) in [5.74, 6) is -0.609. The van der Waals surface area contributed by atoms with Gasteiger partial charge in [0.25, 0.3) is 10.0 Å². The van der Waals surface area contributed by atoms with Gasteiger partial charge in [0.1, 0.15) is 11.4 Å². The maximum atomic E-state index is 14.1. The first kappa shape index (κ1) is 27.6. The molecular weight excluding hydrogens is 461 g/mol. The first-order chi connectivity index (χ1) is 15.6. The van der Waals surface area contributed by atoms with Gasteiger partial charge in [0.2, 0.25) is 0 Å². The quantitative estimate of drug-likeness (QED) is 0.545. The monoisotopic (exact) mass is 497 g/mol.